The van der Waals surface area contributed by atoms with E-state index in [0.29, 0.717) is 6.04 Å². The third-order valence-electron chi connectivity index (χ3n) is 6.80. The van der Waals surface area contributed by atoms with E-state index in [1.165, 1.54) is 43.2 Å². The molecule has 3 heterocycles. The quantitative estimate of drug-likeness (QED) is 0.494. The highest BCUT2D eigenvalue weighted by Gasteiger charge is 2.41. The number of hydrogen-bond acceptors (Lipinski definition) is 2. The summed E-state index contributed by atoms with van der Waals surface area (Å²) in [5.41, 5.74) is 4.77. The molecule has 2 aromatic heterocycles. The van der Waals surface area contributed by atoms with Gasteiger partial charge in [0.05, 0.1) is 17.8 Å². The first-order valence-corrected chi connectivity index (χ1v) is 11.9. The van der Waals surface area contributed by atoms with Crippen LogP contribution in [0, 0.1) is 0 Å². The first-order valence-electron chi connectivity index (χ1n) is 11.5. The maximum absolute atomic E-state index is 5.85. The fourth-order valence-corrected chi connectivity index (χ4v) is 5.42. The van der Waals surface area contributed by atoms with E-state index in [1.54, 1.807) is 0 Å². The summed E-state index contributed by atoms with van der Waals surface area (Å²) < 4.78 is 2.43. The van der Waals surface area contributed by atoms with Gasteiger partial charge >= 0.3 is 0 Å². The zero-order valence-corrected chi connectivity index (χ0v) is 18.9. The predicted molar refractivity (Wildman–Crippen MR) is 130 cm³/mol. The number of hydrogen-bond donors (Lipinski definition) is 1. The number of nitrogens with one attached hydrogen (secondary N) is 1. The molecule has 1 aromatic carbocycles. The molecule has 3 aromatic rings. The molecule has 5 heteroatoms. The minimum absolute atomic E-state index is 0.0155. The molecular weight excluding hydrogens is 400 g/mol. The van der Waals surface area contributed by atoms with Crippen molar-refractivity contribution in [3.8, 4) is 0 Å². The van der Waals surface area contributed by atoms with Crippen LogP contribution >= 0.6 is 12.2 Å². The van der Waals surface area contributed by atoms with Gasteiger partial charge in [-0.15, -0.1) is 0 Å². The smallest absolute Gasteiger partial charge is 0.174 e. The molecule has 31 heavy (non-hydrogen) atoms. The maximum atomic E-state index is 5.85. The number of pyridine rings is 1. The second-order valence-electron chi connectivity index (χ2n) is 8.70. The van der Waals surface area contributed by atoms with Crippen molar-refractivity contribution in [3.05, 3.63) is 83.9 Å². The normalized spacial score (nSPS) is 22.0. The second kappa shape index (κ2) is 8.83. The lowest BCUT2D eigenvalue weighted by Crippen LogP contribution is -2.29. The van der Waals surface area contributed by atoms with Gasteiger partial charge in [-0.05, 0) is 72.9 Å². The van der Waals surface area contributed by atoms with Crippen molar-refractivity contribution in [1.29, 1.82) is 0 Å². The molecule has 2 fully saturated rings. The highest BCUT2D eigenvalue weighted by molar-refractivity contribution is 7.80. The Balaban J connectivity index is 1.53. The topological polar surface area (TPSA) is 33.1 Å². The third-order valence-corrected chi connectivity index (χ3v) is 7.11. The third kappa shape index (κ3) is 3.99. The molecule has 1 aliphatic heterocycles. The van der Waals surface area contributed by atoms with E-state index in [1.807, 2.05) is 12.3 Å². The highest BCUT2D eigenvalue weighted by atomic mass is 32.1. The van der Waals surface area contributed by atoms with Crippen LogP contribution in [0.3, 0.4) is 0 Å². The summed E-state index contributed by atoms with van der Waals surface area (Å²) in [5, 5.41) is 4.33. The Labute approximate surface area is 190 Å². The summed E-state index contributed by atoms with van der Waals surface area (Å²) in [6.45, 7) is 2.19. The van der Waals surface area contributed by atoms with Gasteiger partial charge in [0.25, 0.3) is 0 Å². The Hall–Kier alpha value is -2.66. The SMILES string of the molecule is CCc1ccc(N2C(=S)N[C@H](c3ccccn3)[C@H]2c2ccn(C3CCCCC3)c2)cc1. The van der Waals surface area contributed by atoms with Gasteiger partial charge < -0.3 is 14.8 Å². The van der Waals surface area contributed by atoms with Crippen molar-refractivity contribution >= 4 is 23.0 Å². The first-order chi connectivity index (χ1) is 15.2. The van der Waals surface area contributed by atoms with Crippen LogP contribution in [0.15, 0.2) is 67.1 Å². The van der Waals surface area contributed by atoms with E-state index < -0.39 is 0 Å². The van der Waals surface area contributed by atoms with Crippen molar-refractivity contribution in [3.63, 3.8) is 0 Å². The van der Waals surface area contributed by atoms with Gasteiger partial charge in [-0.3, -0.25) is 4.98 Å². The second-order valence-corrected chi connectivity index (χ2v) is 9.09. The molecule has 2 aliphatic rings. The Kier molecular flexibility index (Phi) is 5.77. The lowest BCUT2D eigenvalue weighted by molar-refractivity contribution is 0.353. The number of thiocarbonyl (C=S) groups is 1. The van der Waals surface area contributed by atoms with Crippen LogP contribution in [-0.2, 0) is 6.42 Å². The predicted octanol–water partition coefficient (Wildman–Crippen LogP) is 6.13. The monoisotopic (exact) mass is 430 g/mol. The maximum Gasteiger partial charge on any atom is 0.174 e. The standard InChI is InChI=1S/C26H30N4S/c1-2-19-11-13-22(14-12-19)30-25(24(28-26(30)31)23-10-6-7-16-27-23)20-15-17-29(18-20)21-8-4-3-5-9-21/h6-7,10-18,21,24-25H,2-5,8-9H2,1H3,(H,28,31)/t24-,25-/m1/s1. The number of rotatable bonds is 5. The zero-order valence-electron chi connectivity index (χ0n) is 18.1. The summed E-state index contributed by atoms with van der Waals surface area (Å²) >= 11 is 5.85. The number of nitrogens with zero attached hydrogens (tertiary/aromatic N) is 3. The fraction of sp³-hybridized carbons (Fsp3) is 0.385. The van der Waals surface area contributed by atoms with Crippen molar-refractivity contribution < 1.29 is 0 Å². The molecule has 1 N–H and O–H groups in total. The Morgan fingerprint density at radius 3 is 2.55 bits per heavy atom. The first kappa shape index (κ1) is 20.3. The van der Waals surface area contributed by atoms with Crippen LogP contribution in [0.5, 0.6) is 0 Å². The number of anilines is 1. The molecule has 0 radical (unpaired) electrons. The molecule has 4 nitrogen and oxygen atoms in total. The largest absolute Gasteiger partial charge is 0.351 e. The summed E-state index contributed by atoms with van der Waals surface area (Å²) in [4.78, 5) is 6.94. The van der Waals surface area contributed by atoms with Gasteiger partial charge in [0.1, 0.15) is 0 Å². The molecule has 1 aliphatic carbocycles. The van der Waals surface area contributed by atoms with Gasteiger partial charge in [-0.1, -0.05) is 44.4 Å². The van der Waals surface area contributed by atoms with Crippen molar-refractivity contribution in [2.45, 2.75) is 63.6 Å². The minimum Gasteiger partial charge on any atom is -0.351 e. The fourth-order valence-electron chi connectivity index (χ4n) is 5.08. The lowest BCUT2D eigenvalue weighted by atomic mass is 9.95. The van der Waals surface area contributed by atoms with Crippen LogP contribution < -0.4 is 10.2 Å². The molecule has 1 saturated carbocycles. The zero-order chi connectivity index (χ0) is 21.2. The Morgan fingerprint density at radius 1 is 1.03 bits per heavy atom. The van der Waals surface area contributed by atoms with Crippen molar-refractivity contribution in [1.82, 2.24) is 14.9 Å². The van der Waals surface area contributed by atoms with E-state index in [2.05, 4.69) is 81.5 Å². The average Bonchev–Trinajstić information content (AvgIpc) is 3.45. The molecule has 2 atom stereocenters. The van der Waals surface area contributed by atoms with E-state index in [-0.39, 0.29) is 12.1 Å². The molecular formula is C26H30N4S. The summed E-state index contributed by atoms with van der Waals surface area (Å²) in [6.07, 6.45) is 14.1. The highest BCUT2D eigenvalue weighted by Crippen LogP contribution is 2.42. The van der Waals surface area contributed by atoms with E-state index >= 15 is 0 Å². The Bertz CT molecular complexity index is 1020. The number of benzene rings is 1. The molecule has 0 unspecified atom stereocenters. The van der Waals surface area contributed by atoms with Crippen LogP contribution in [0.1, 0.15) is 74.0 Å². The molecule has 1 saturated heterocycles. The van der Waals surface area contributed by atoms with Crippen molar-refractivity contribution in [2.75, 3.05) is 4.90 Å². The summed E-state index contributed by atoms with van der Waals surface area (Å²) in [6, 6.07) is 17.9. The number of aryl methyl sites for hydroxylation is 1. The van der Waals surface area contributed by atoms with E-state index in [4.69, 9.17) is 12.2 Å². The molecule has 0 spiro atoms. The average molecular weight is 431 g/mol. The van der Waals surface area contributed by atoms with Crippen LogP contribution in [0.2, 0.25) is 0 Å². The van der Waals surface area contributed by atoms with Gasteiger partial charge in [-0.25, -0.2) is 0 Å². The summed E-state index contributed by atoms with van der Waals surface area (Å²) in [5.74, 6) is 0. The van der Waals surface area contributed by atoms with Crippen molar-refractivity contribution in [2.24, 2.45) is 0 Å². The van der Waals surface area contributed by atoms with E-state index in [0.717, 1.165) is 22.9 Å². The van der Waals surface area contributed by atoms with E-state index in [9.17, 15) is 0 Å². The van der Waals surface area contributed by atoms with Gasteiger partial charge in [-0.2, -0.15) is 0 Å². The number of aromatic nitrogens is 2. The molecule has 0 amide bonds. The van der Waals surface area contributed by atoms with Gasteiger partial charge in [0.2, 0.25) is 0 Å². The minimum atomic E-state index is 0.0155. The molecule has 5 rings (SSSR count). The lowest BCUT2D eigenvalue weighted by Gasteiger charge is -2.28. The van der Waals surface area contributed by atoms with Crippen LogP contribution in [-0.4, -0.2) is 14.7 Å². The summed E-state index contributed by atoms with van der Waals surface area (Å²) in [7, 11) is 0. The van der Waals surface area contributed by atoms with Gasteiger partial charge in [0, 0.05) is 30.3 Å². The molecule has 0 bridgehead atoms. The Morgan fingerprint density at radius 2 is 1.84 bits per heavy atom. The van der Waals surface area contributed by atoms with Crippen LogP contribution in [0.25, 0.3) is 0 Å². The molecule has 160 valence electrons. The van der Waals surface area contributed by atoms with Gasteiger partial charge in [0.15, 0.2) is 5.11 Å². The van der Waals surface area contributed by atoms with Crippen LogP contribution in [0.4, 0.5) is 5.69 Å².